The second kappa shape index (κ2) is 6.05. The third-order valence-electron chi connectivity index (χ3n) is 4.17. The number of anilines is 1. The predicted molar refractivity (Wildman–Crippen MR) is 89.6 cm³/mol. The topological polar surface area (TPSA) is 67.0 Å². The lowest BCUT2D eigenvalue weighted by Crippen LogP contribution is -2.16. The molecule has 0 saturated heterocycles. The molecule has 0 aliphatic heterocycles. The van der Waals surface area contributed by atoms with Crippen molar-refractivity contribution in [1.82, 2.24) is 10.2 Å². The number of halogens is 3. The fourth-order valence-corrected chi connectivity index (χ4v) is 2.71. The number of fused-ring (bicyclic) bond motifs is 1. The van der Waals surface area contributed by atoms with Gasteiger partial charge in [0.1, 0.15) is 5.75 Å². The van der Waals surface area contributed by atoms with Gasteiger partial charge in [-0.1, -0.05) is 18.2 Å². The molecule has 1 aromatic heterocycles. The van der Waals surface area contributed by atoms with Crippen molar-refractivity contribution in [2.45, 2.75) is 19.2 Å². The number of aromatic amines is 1. The lowest BCUT2D eigenvalue weighted by atomic mass is 10.0. The Labute approximate surface area is 146 Å². The summed E-state index contributed by atoms with van der Waals surface area (Å²) in [5.74, 6) is 0.271. The van der Waals surface area contributed by atoms with Crippen molar-refractivity contribution < 1.29 is 22.7 Å². The molecule has 1 saturated carbocycles. The lowest BCUT2D eigenvalue weighted by molar-refractivity contribution is -0.274. The average molecular weight is 361 g/mol. The van der Waals surface area contributed by atoms with E-state index in [9.17, 15) is 18.0 Å². The number of aromatic nitrogens is 2. The maximum Gasteiger partial charge on any atom is 0.573 e. The molecule has 1 heterocycles. The summed E-state index contributed by atoms with van der Waals surface area (Å²) >= 11 is 0. The maximum absolute atomic E-state index is 12.2. The summed E-state index contributed by atoms with van der Waals surface area (Å²) in [4.78, 5) is 11.9. The van der Waals surface area contributed by atoms with Crippen LogP contribution in [0.4, 0.5) is 19.0 Å². The zero-order valence-corrected chi connectivity index (χ0v) is 13.4. The van der Waals surface area contributed by atoms with Gasteiger partial charge in [-0.2, -0.15) is 5.10 Å². The molecule has 1 aliphatic rings. The summed E-state index contributed by atoms with van der Waals surface area (Å²) < 4.78 is 40.5. The van der Waals surface area contributed by atoms with Crippen LogP contribution < -0.4 is 10.1 Å². The normalized spacial score (nSPS) is 14.4. The number of nitrogens with zero attached hydrogens (tertiary/aromatic N) is 1. The number of benzene rings is 2. The molecule has 4 rings (SSSR count). The van der Waals surface area contributed by atoms with Crippen molar-refractivity contribution in [3.8, 4) is 16.9 Å². The van der Waals surface area contributed by atoms with E-state index in [1.54, 1.807) is 12.1 Å². The minimum Gasteiger partial charge on any atom is -0.406 e. The summed E-state index contributed by atoms with van der Waals surface area (Å²) in [6.07, 6.45) is -2.89. The van der Waals surface area contributed by atoms with Gasteiger partial charge in [0.2, 0.25) is 5.91 Å². The molecule has 26 heavy (non-hydrogen) atoms. The standard InChI is InChI=1S/C18H14F3N3O2/c19-18(20,21)26-13-6-3-10(4-7-13)12-5-8-14-15(9-12)23-24-16(14)22-17(25)11-1-2-11/h3-9,11H,1-2H2,(H2,22,23,24,25). The Hall–Kier alpha value is -3.03. The number of ether oxygens (including phenoxy) is 1. The zero-order chi connectivity index (χ0) is 18.3. The van der Waals surface area contributed by atoms with Crippen LogP contribution in [0.25, 0.3) is 22.0 Å². The summed E-state index contributed by atoms with van der Waals surface area (Å²) in [5, 5.41) is 10.6. The number of alkyl halides is 3. The number of amides is 1. The first kappa shape index (κ1) is 16.4. The van der Waals surface area contributed by atoms with Gasteiger partial charge >= 0.3 is 6.36 Å². The van der Waals surface area contributed by atoms with Crippen LogP contribution in [-0.2, 0) is 4.79 Å². The molecule has 3 aromatic rings. The van der Waals surface area contributed by atoms with Gasteiger partial charge in [-0.25, -0.2) is 0 Å². The van der Waals surface area contributed by atoms with Crippen molar-refractivity contribution in [1.29, 1.82) is 0 Å². The molecular weight excluding hydrogens is 347 g/mol. The van der Waals surface area contributed by atoms with Crippen molar-refractivity contribution >= 4 is 22.6 Å². The van der Waals surface area contributed by atoms with Crippen molar-refractivity contribution in [3.63, 3.8) is 0 Å². The van der Waals surface area contributed by atoms with Crippen LogP contribution in [0.2, 0.25) is 0 Å². The fourth-order valence-electron chi connectivity index (χ4n) is 2.71. The smallest absolute Gasteiger partial charge is 0.406 e. The van der Waals surface area contributed by atoms with E-state index in [-0.39, 0.29) is 17.6 Å². The highest BCUT2D eigenvalue weighted by Crippen LogP contribution is 2.32. The van der Waals surface area contributed by atoms with Crippen LogP contribution >= 0.6 is 0 Å². The Morgan fingerprint density at radius 1 is 1.12 bits per heavy atom. The van der Waals surface area contributed by atoms with Crippen molar-refractivity contribution in [2.24, 2.45) is 5.92 Å². The first-order valence-corrected chi connectivity index (χ1v) is 8.04. The molecule has 0 radical (unpaired) electrons. The number of hydrogen-bond acceptors (Lipinski definition) is 3. The second-order valence-corrected chi connectivity index (χ2v) is 6.17. The van der Waals surface area contributed by atoms with E-state index in [1.165, 1.54) is 12.1 Å². The van der Waals surface area contributed by atoms with Gasteiger partial charge in [0.05, 0.1) is 5.52 Å². The molecule has 0 spiro atoms. The molecule has 1 aliphatic carbocycles. The Balaban J connectivity index is 1.56. The molecule has 2 aromatic carbocycles. The van der Waals surface area contributed by atoms with Gasteiger partial charge in [0, 0.05) is 11.3 Å². The number of nitrogens with one attached hydrogen (secondary N) is 2. The Bertz CT molecular complexity index is 960. The average Bonchev–Trinajstić information content (AvgIpc) is 3.37. The van der Waals surface area contributed by atoms with E-state index in [2.05, 4.69) is 20.3 Å². The highest BCUT2D eigenvalue weighted by molar-refractivity contribution is 6.02. The third kappa shape index (κ3) is 3.49. The van der Waals surface area contributed by atoms with E-state index in [4.69, 9.17) is 0 Å². The molecule has 8 heteroatoms. The SMILES string of the molecule is O=C(Nc1n[nH]c2cc(-c3ccc(OC(F)(F)F)cc3)ccc12)C1CC1. The van der Waals surface area contributed by atoms with Crippen LogP contribution in [0, 0.1) is 5.92 Å². The first-order valence-electron chi connectivity index (χ1n) is 8.04. The molecule has 1 amide bonds. The van der Waals surface area contributed by atoms with Crippen LogP contribution in [0.5, 0.6) is 5.75 Å². The van der Waals surface area contributed by atoms with E-state index in [1.807, 2.05) is 18.2 Å². The molecule has 2 N–H and O–H groups in total. The van der Waals surface area contributed by atoms with Crippen LogP contribution in [0.1, 0.15) is 12.8 Å². The van der Waals surface area contributed by atoms with E-state index in [0.29, 0.717) is 5.82 Å². The van der Waals surface area contributed by atoms with Gasteiger partial charge < -0.3 is 10.1 Å². The molecule has 0 atom stereocenters. The van der Waals surface area contributed by atoms with Crippen LogP contribution in [-0.4, -0.2) is 22.5 Å². The second-order valence-electron chi connectivity index (χ2n) is 6.17. The minimum atomic E-state index is -4.71. The number of rotatable bonds is 4. The molecule has 0 bridgehead atoms. The summed E-state index contributed by atoms with van der Waals surface area (Å²) in [5.41, 5.74) is 2.27. The van der Waals surface area contributed by atoms with Crippen LogP contribution in [0.15, 0.2) is 42.5 Å². The Kier molecular flexibility index (Phi) is 3.82. The van der Waals surface area contributed by atoms with Gasteiger partial charge in [0.15, 0.2) is 5.82 Å². The predicted octanol–water partition coefficient (Wildman–Crippen LogP) is 4.48. The zero-order valence-electron chi connectivity index (χ0n) is 13.4. The third-order valence-corrected chi connectivity index (χ3v) is 4.17. The molecular formula is C18H14F3N3O2. The van der Waals surface area contributed by atoms with E-state index in [0.717, 1.165) is 34.9 Å². The fraction of sp³-hybridized carbons (Fsp3) is 0.222. The monoisotopic (exact) mass is 361 g/mol. The van der Waals surface area contributed by atoms with Gasteiger partial charge in [-0.15, -0.1) is 13.2 Å². The Morgan fingerprint density at radius 3 is 2.46 bits per heavy atom. The molecule has 1 fully saturated rings. The van der Waals surface area contributed by atoms with Crippen LogP contribution in [0.3, 0.4) is 0 Å². The summed E-state index contributed by atoms with van der Waals surface area (Å²) in [6.45, 7) is 0. The quantitative estimate of drug-likeness (QED) is 0.720. The summed E-state index contributed by atoms with van der Waals surface area (Å²) in [6, 6.07) is 11.1. The first-order chi connectivity index (χ1) is 12.4. The highest BCUT2D eigenvalue weighted by atomic mass is 19.4. The summed E-state index contributed by atoms with van der Waals surface area (Å²) in [7, 11) is 0. The van der Waals surface area contributed by atoms with E-state index < -0.39 is 6.36 Å². The van der Waals surface area contributed by atoms with Crippen molar-refractivity contribution in [3.05, 3.63) is 42.5 Å². The highest BCUT2D eigenvalue weighted by Gasteiger charge is 2.31. The molecule has 134 valence electrons. The lowest BCUT2D eigenvalue weighted by Gasteiger charge is -2.09. The Morgan fingerprint density at radius 2 is 1.81 bits per heavy atom. The number of carbonyl (C=O) groups is 1. The van der Waals surface area contributed by atoms with Gasteiger partial charge in [-0.3, -0.25) is 9.89 Å². The van der Waals surface area contributed by atoms with E-state index >= 15 is 0 Å². The number of hydrogen-bond donors (Lipinski definition) is 2. The number of carbonyl (C=O) groups excluding carboxylic acids is 1. The number of H-pyrrole nitrogens is 1. The molecule has 5 nitrogen and oxygen atoms in total. The largest absolute Gasteiger partial charge is 0.573 e. The minimum absolute atomic E-state index is 0.0253. The van der Waals surface area contributed by atoms with Crippen molar-refractivity contribution in [2.75, 3.05) is 5.32 Å². The van der Waals surface area contributed by atoms with Gasteiger partial charge in [-0.05, 0) is 48.2 Å². The van der Waals surface area contributed by atoms with Gasteiger partial charge in [0.25, 0.3) is 0 Å². The molecule has 0 unspecified atom stereocenters. The maximum atomic E-state index is 12.2.